The van der Waals surface area contributed by atoms with Crippen molar-refractivity contribution < 1.29 is 14.3 Å². The first-order valence-electron chi connectivity index (χ1n) is 6.62. The minimum Gasteiger partial charge on any atom is -0.484 e. The predicted octanol–water partition coefficient (Wildman–Crippen LogP) is 0.857. The molecule has 2 rings (SSSR count). The van der Waals surface area contributed by atoms with Crippen LogP contribution in [-0.2, 0) is 11.2 Å². The Balaban J connectivity index is 2.03. The fourth-order valence-corrected chi connectivity index (χ4v) is 2.49. The van der Waals surface area contributed by atoms with Gasteiger partial charge >= 0.3 is 6.03 Å². The monoisotopic (exact) mass is 277 g/mol. The van der Waals surface area contributed by atoms with E-state index in [1.807, 2.05) is 30.6 Å². The van der Waals surface area contributed by atoms with Gasteiger partial charge in [-0.15, -0.1) is 0 Å². The van der Waals surface area contributed by atoms with E-state index in [1.54, 1.807) is 0 Å². The summed E-state index contributed by atoms with van der Waals surface area (Å²) in [6.45, 7) is -0.230. The predicted molar refractivity (Wildman–Crippen MR) is 74.4 cm³/mol. The lowest BCUT2D eigenvalue weighted by molar-refractivity contribution is -0.121. The number of aryl methyl sites for hydroxylation is 1. The van der Waals surface area contributed by atoms with Crippen molar-refractivity contribution in [3.8, 4) is 5.75 Å². The summed E-state index contributed by atoms with van der Waals surface area (Å²) < 4.78 is 5.38. The van der Waals surface area contributed by atoms with Gasteiger partial charge in [-0.25, -0.2) is 4.79 Å². The van der Waals surface area contributed by atoms with Crippen molar-refractivity contribution in [1.82, 2.24) is 10.6 Å². The van der Waals surface area contributed by atoms with Gasteiger partial charge < -0.3 is 15.8 Å². The lowest BCUT2D eigenvalue weighted by Crippen LogP contribution is -2.38. The van der Waals surface area contributed by atoms with E-state index in [9.17, 15) is 9.59 Å². The standard InChI is InChI=1S/C14H19N3O3/c1-16-12-4-2-3-9-5-6-10(7-11(9)12)20-8-13(18)17-14(15)19/h5-7,12,16H,2-4,8H2,1H3,(H3,15,17,18,19). The molecular weight excluding hydrogens is 258 g/mol. The molecule has 0 radical (unpaired) electrons. The molecule has 1 aliphatic rings. The summed E-state index contributed by atoms with van der Waals surface area (Å²) in [7, 11) is 1.94. The molecule has 0 fully saturated rings. The molecule has 1 atom stereocenters. The topological polar surface area (TPSA) is 93.4 Å². The number of imide groups is 1. The molecule has 0 aromatic heterocycles. The molecular formula is C14H19N3O3. The Kier molecular flexibility index (Phi) is 4.57. The molecule has 3 amide bonds. The summed E-state index contributed by atoms with van der Waals surface area (Å²) in [6, 6.07) is 5.27. The number of amides is 3. The molecule has 0 saturated heterocycles. The molecule has 6 heteroatoms. The van der Waals surface area contributed by atoms with Crippen LogP contribution in [0, 0.1) is 0 Å². The van der Waals surface area contributed by atoms with Crippen LogP contribution >= 0.6 is 0 Å². The van der Waals surface area contributed by atoms with Crippen molar-refractivity contribution in [2.75, 3.05) is 13.7 Å². The molecule has 4 N–H and O–H groups in total. The summed E-state index contributed by atoms with van der Waals surface area (Å²) >= 11 is 0. The van der Waals surface area contributed by atoms with Crippen LogP contribution in [-0.4, -0.2) is 25.6 Å². The fourth-order valence-electron chi connectivity index (χ4n) is 2.49. The first kappa shape index (κ1) is 14.3. The largest absolute Gasteiger partial charge is 0.484 e. The second-order valence-electron chi connectivity index (χ2n) is 4.80. The number of nitrogens with one attached hydrogen (secondary N) is 2. The van der Waals surface area contributed by atoms with Crippen LogP contribution in [0.25, 0.3) is 0 Å². The third-order valence-corrected chi connectivity index (χ3v) is 3.41. The average Bonchev–Trinajstić information content (AvgIpc) is 2.43. The van der Waals surface area contributed by atoms with Crippen LogP contribution in [0.4, 0.5) is 4.79 Å². The Morgan fingerprint density at radius 3 is 2.95 bits per heavy atom. The third-order valence-electron chi connectivity index (χ3n) is 3.41. The van der Waals surface area contributed by atoms with E-state index in [0.29, 0.717) is 11.8 Å². The first-order valence-corrected chi connectivity index (χ1v) is 6.62. The maximum atomic E-state index is 11.3. The lowest BCUT2D eigenvalue weighted by atomic mass is 9.87. The SMILES string of the molecule is CNC1CCCc2ccc(OCC(=O)NC(N)=O)cc21. The zero-order chi connectivity index (χ0) is 14.5. The number of nitrogens with two attached hydrogens (primary N) is 1. The number of primary amides is 1. The van der Waals surface area contributed by atoms with Crippen LogP contribution in [0.3, 0.4) is 0 Å². The van der Waals surface area contributed by atoms with Crippen molar-refractivity contribution in [3.63, 3.8) is 0 Å². The Labute approximate surface area is 117 Å². The van der Waals surface area contributed by atoms with Gasteiger partial charge in [-0.1, -0.05) is 6.07 Å². The number of ether oxygens (including phenoxy) is 1. The van der Waals surface area contributed by atoms with Gasteiger partial charge in [-0.2, -0.15) is 0 Å². The maximum Gasteiger partial charge on any atom is 0.318 e. The molecule has 20 heavy (non-hydrogen) atoms. The van der Waals surface area contributed by atoms with Crippen LogP contribution in [0.15, 0.2) is 18.2 Å². The van der Waals surface area contributed by atoms with Gasteiger partial charge in [-0.05, 0) is 49.6 Å². The summed E-state index contributed by atoms with van der Waals surface area (Å²) in [5.74, 6) is 0.0610. The van der Waals surface area contributed by atoms with Crippen LogP contribution in [0.1, 0.15) is 30.0 Å². The van der Waals surface area contributed by atoms with Crippen molar-refractivity contribution in [2.45, 2.75) is 25.3 Å². The number of rotatable bonds is 4. The molecule has 0 saturated carbocycles. The van der Waals surface area contributed by atoms with Gasteiger partial charge in [-0.3, -0.25) is 10.1 Å². The van der Waals surface area contributed by atoms with Gasteiger partial charge in [0.05, 0.1) is 0 Å². The van der Waals surface area contributed by atoms with E-state index >= 15 is 0 Å². The molecule has 1 aliphatic carbocycles. The second-order valence-corrected chi connectivity index (χ2v) is 4.80. The van der Waals surface area contributed by atoms with Gasteiger partial charge in [0.2, 0.25) is 0 Å². The van der Waals surface area contributed by atoms with Gasteiger partial charge in [0.25, 0.3) is 5.91 Å². The van der Waals surface area contributed by atoms with E-state index in [0.717, 1.165) is 12.8 Å². The fraction of sp³-hybridized carbons (Fsp3) is 0.429. The van der Waals surface area contributed by atoms with E-state index in [1.165, 1.54) is 17.5 Å². The van der Waals surface area contributed by atoms with E-state index in [4.69, 9.17) is 10.5 Å². The number of carbonyl (C=O) groups is 2. The van der Waals surface area contributed by atoms with E-state index < -0.39 is 11.9 Å². The molecule has 6 nitrogen and oxygen atoms in total. The zero-order valence-corrected chi connectivity index (χ0v) is 11.4. The highest BCUT2D eigenvalue weighted by Crippen LogP contribution is 2.32. The van der Waals surface area contributed by atoms with Gasteiger partial charge in [0.15, 0.2) is 6.61 Å². The third kappa shape index (κ3) is 3.48. The molecule has 108 valence electrons. The Morgan fingerprint density at radius 2 is 2.25 bits per heavy atom. The summed E-state index contributed by atoms with van der Waals surface area (Å²) in [6.07, 6.45) is 3.32. The smallest absolute Gasteiger partial charge is 0.318 e. The van der Waals surface area contributed by atoms with Crippen molar-refractivity contribution in [1.29, 1.82) is 0 Å². The second kappa shape index (κ2) is 6.38. The highest BCUT2D eigenvalue weighted by atomic mass is 16.5. The van der Waals surface area contributed by atoms with E-state index in [-0.39, 0.29) is 6.61 Å². The van der Waals surface area contributed by atoms with Crippen molar-refractivity contribution >= 4 is 11.9 Å². The Hall–Kier alpha value is -2.08. The normalized spacial score (nSPS) is 17.1. The molecule has 0 aliphatic heterocycles. The van der Waals surface area contributed by atoms with Gasteiger partial charge in [0, 0.05) is 6.04 Å². The average molecular weight is 277 g/mol. The number of fused-ring (bicyclic) bond motifs is 1. The highest BCUT2D eigenvalue weighted by molar-refractivity contribution is 5.94. The maximum absolute atomic E-state index is 11.3. The lowest BCUT2D eigenvalue weighted by Gasteiger charge is -2.25. The van der Waals surface area contributed by atoms with Crippen LogP contribution < -0.4 is 21.1 Å². The summed E-state index contributed by atoms with van der Waals surface area (Å²) in [5, 5.41) is 5.24. The zero-order valence-electron chi connectivity index (χ0n) is 11.4. The number of hydrogen-bond acceptors (Lipinski definition) is 4. The summed E-state index contributed by atoms with van der Waals surface area (Å²) in [5.41, 5.74) is 7.38. The minimum atomic E-state index is -0.876. The van der Waals surface area contributed by atoms with Crippen molar-refractivity contribution in [3.05, 3.63) is 29.3 Å². The summed E-state index contributed by atoms with van der Waals surface area (Å²) in [4.78, 5) is 21.8. The molecule has 1 aromatic carbocycles. The van der Waals surface area contributed by atoms with Gasteiger partial charge in [0.1, 0.15) is 5.75 Å². The number of hydrogen-bond donors (Lipinski definition) is 3. The van der Waals surface area contributed by atoms with E-state index in [2.05, 4.69) is 5.32 Å². The molecule has 1 unspecified atom stereocenters. The Bertz CT molecular complexity index is 516. The van der Waals surface area contributed by atoms with Crippen molar-refractivity contribution in [2.24, 2.45) is 5.73 Å². The Morgan fingerprint density at radius 1 is 1.45 bits per heavy atom. The quantitative estimate of drug-likeness (QED) is 0.761. The first-order chi connectivity index (χ1) is 9.60. The number of carbonyl (C=O) groups excluding carboxylic acids is 2. The van der Waals surface area contributed by atoms with Crippen LogP contribution in [0.5, 0.6) is 5.75 Å². The minimum absolute atomic E-state index is 0.230. The molecule has 0 heterocycles. The molecule has 1 aromatic rings. The highest BCUT2D eigenvalue weighted by Gasteiger charge is 2.19. The number of benzene rings is 1. The molecule has 0 bridgehead atoms. The number of urea groups is 1. The molecule has 0 spiro atoms. The van der Waals surface area contributed by atoms with Crippen LogP contribution in [0.2, 0.25) is 0 Å².